The van der Waals surface area contributed by atoms with E-state index in [1.165, 1.54) is 12.3 Å². The number of rotatable bonds is 6. The number of likely N-dealkylation sites (tertiary alicyclic amines) is 1. The summed E-state index contributed by atoms with van der Waals surface area (Å²) in [5.74, 6) is 0.205. The molecule has 2 heterocycles. The fraction of sp³-hybridized carbons (Fsp3) is 0.292. The van der Waals surface area contributed by atoms with E-state index in [1.807, 2.05) is 0 Å². The monoisotopic (exact) mass is 474 g/mol. The number of carbonyl (C=O) groups excluding carboxylic acids is 2. The van der Waals surface area contributed by atoms with Crippen molar-refractivity contribution in [1.82, 2.24) is 9.88 Å². The maximum atomic E-state index is 13.9. The Balaban J connectivity index is 1.28. The van der Waals surface area contributed by atoms with Gasteiger partial charge in [-0.1, -0.05) is 35.3 Å². The van der Waals surface area contributed by atoms with Gasteiger partial charge in [-0.2, -0.15) is 0 Å². The normalized spacial score (nSPS) is 14.5. The highest BCUT2D eigenvalue weighted by molar-refractivity contribution is 6.42. The van der Waals surface area contributed by atoms with E-state index in [4.69, 9.17) is 27.6 Å². The molecule has 166 valence electrons. The number of hydrogen-bond donors (Lipinski definition) is 0. The van der Waals surface area contributed by atoms with Crippen molar-refractivity contribution in [2.75, 3.05) is 13.1 Å². The molecule has 0 spiro atoms. The van der Waals surface area contributed by atoms with Crippen LogP contribution in [0.5, 0.6) is 0 Å². The van der Waals surface area contributed by atoms with Crippen LogP contribution in [-0.2, 0) is 11.2 Å². The summed E-state index contributed by atoms with van der Waals surface area (Å²) in [6.45, 7) is 1.03. The lowest BCUT2D eigenvalue weighted by Crippen LogP contribution is -2.40. The highest BCUT2D eigenvalue weighted by Gasteiger charge is 2.28. The van der Waals surface area contributed by atoms with E-state index in [9.17, 15) is 14.0 Å². The van der Waals surface area contributed by atoms with Crippen molar-refractivity contribution in [2.45, 2.75) is 25.7 Å². The lowest BCUT2D eigenvalue weighted by Gasteiger charge is -2.31. The van der Waals surface area contributed by atoms with E-state index in [-0.39, 0.29) is 29.8 Å². The zero-order chi connectivity index (χ0) is 22.7. The van der Waals surface area contributed by atoms with Crippen LogP contribution in [0.15, 0.2) is 53.1 Å². The van der Waals surface area contributed by atoms with Gasteiger partial charge in [0.1, 0.15) is 5.82 Å². The molecule has 0 radical (unpaired) electrons. The molecular weight excluding hydrogens is 454 g/mol. The Morgan fingerprint density at radius 3 is 2.56 bits per heavy atom. The Morgan fingerprint density at radius 1 is 1.09 bits per heavy atom. The maximum Gasteiger partial charge on any atom is 0.223 e. The third-order valence-electron chi connectivity index (χ3n) is 5.67. The van der Waals surface area contributed by atoms with Crippen molar-refractivity contribution in [3.05, 3.63) is 76.0 Å². The summed E-state index contributed by atoms with van der Waals surface area (Å²) in [4.78, 5) is 31.3. The van der Waals surface area contributed by atoms with E-state index in [0.717, 1.165) is 0 Å². The Morgan fingerprint density at radius 2 is 1.84 bits per heavy atom. The maximum absolute atomic E-state index is 13.9. The highest BCUT2D eigenvalue weighted by Crippen LogP contribution is 2.28. The molecule has 1 aromatic heterocycles. The van der Waals surface area contributed by atoms with Crippen LogP contribution in [0, 0.1) is 11.7 Å². The summed E-state index contributed by atoms with van der Waals surface area (Å²) in [5, 5.41) is 0.769. The molecule has 1 saturated heterocycles. The first-order valence-corrected chi connectivity index (χ1v) is 11.1. The standard InChI is InChI=1S/C24H21Cl2FN2O3/c25-18-6-5-16(13-19(18)26)24(31)15-9-11-29(12-10-15)23(30)8-7-22-28-14-21(32-22)17-3-1-2-4-20(17)27/h1-6,13-15H,7-12H2. The van der Waals surface area contributed by atoms with Crippen molar-refractivity contribution >= 4 is 34.9 Å². The number of aromatic nitrogens is 1. The van der Waals surface area contributed by atoms with Gasteiger partial charge in [-0.05, 0) is 43.2 Å². The molecule has 8 heteroatoms. The van der Waals surface area contributed by atoms with Crippen LogP contribution in [0.25, 0.3) is 11.3 Å². The van der Waals surface area contributed by atoms with Crippen LogP contribution in [0.1, 0.15) is 35.5 Å². The van der Waals surface area contributed by atoms with Gasteiger partial charge in [0.15, 0.2) is 17.4 Å². The molecule has 1 aliphatic heterocycles. The van der Waals surface area contributed by atoms with Gasteiger partial charge in [0.05, 0.1) is 21.8 Å². The summed E-state index contributed by atoms with van der Waals surface area (Å²) < 4.78 is 19.5. The Kier molecular flexibility index (Phi) is 6.92. The van der Waals surface area contributed by atoms with Crippen LogP contribution in [0.2, 0.25) is 10.0 Å². The van der Waals surface area contributed by atoms with E-state index in [2.05, 4.69) is 4.98 Å². The lowest BCUT2D eigenvalue weighted by atomic mass is 9.89. The molecule has 0 saturated carbocycles. The van der Waals surface area contributed by atoms with E-state index >= 15 is 0 Å². The van der Waals surface area contributed by atoms with Crippen molar-refractivity contribution in [2.24, 2.45) is 5.92 Å². The van der Waals surface area contributed by atoms with Crippen molar-refractivity contribution < 1.29 is 18.4 Å². The number of amides is 1. The number of Topliss-reactive ketones (excluding diaryl/α,β-unsaturated/α-hetero) is 1. The molecule has 2 aromatic carbocycles. The van der Waals surface area contributed by atoms with Gasteiger partial charge >= 0.3 is 0 Å². The molecular formula is C24H21Cl2FN2O3. The summed E-state index contributed by atoms with van der Waals surface area (Å²) in [6, 6.07) is 11.2. The minimum atomic E-state index is -0.385. The number of nitrogens with zero attached hydrogens (tertiary/aromatic N) is 2. The summed E-state index contributed by atoms with van der Waals surface area (Å²) in [5.41, 5.74) is 0.880. The van der Waals surface area contributed by atoms with Gasteiger partial charge in [-0.25, -0.2) is 9.37 Å². The number of piperidine rings is 1. The second-order valence-electron chi connectivity index (χ2n) is 7.75. The molecule has 4 rings (SSSR count). The van der Waals surface area contributed by atoms with Crippen molar-refractivity contribution in [3.63, 3.8) is 0 Å². The fourth-order valence-electron chi connectivity index (χ4n) is 3.86. The van der Waals surface area contributed by atoms with Crippen LogP contribution >= 0.6 is 23.2 Å². The molecule has 5 nitrogen and oxygen atoms in total. The van der Waals surface area contributed by atoms with E-state index in [1.54, 1.807) is 41.3 Å². The molecule has 1 aliphatic rings. The van der Waals surface area contributed by atoms with Gasteiger partial charge in [0, 0.05) is 37.4 Å². The lowest BCUT2D eigenvalue weighted by molar-refractivity contribution is -0.132. The van der Waals surface area contributed by atoms with Gasteiger partial charge in [0.25, 0.3) is 0 Å². The number of oxazole rings is 1. The average Bonchev–Trinajstić information content (AvgIpc) is 3.28. The molecule has 1 amide bonds. The van der Waals surface area contributed by atoms with Crippen LogP contribution < -0.4 is 0 Å². The molecule has 0 bridgehead atoms. The zero-order valence-electron chi connectivity index (χ0n) is 17.2. The highest BCUT2D eigenvalue weighted by atomic mass is 35.5. The number of benzene rings is 2. The molecule has 0 atom stereocenters. The number of halogens is 3. The fourth-order valence-corrected chi connectivity index (χ4v) is 4.16. The smallest absolute Gasteiger partial charge is 0.223 e. The van der Waals surface area contributed by atoms with Crippen LogP contribution in [0.4, 0.5) is 4.39 Å². The molecule has 3 aromatic rings. The zero-order valence-corrected chi connectivity index (χ0v) is 18.7. The van der Waals surface area contributed by atoms with Crippen molar-refractivity contribution in [1.29, 1.82) is 0 Å². The Hall–Kier alpha value is -2.70. The summed E-state index contributed by atoms with van der Waals surface area (Å²) in [6.07, 6.45) is 3.24. The van der Waals surface area contributed by atoms with E-state index < -0.39 is 0 Å². The minimum Gasteiger partial charge on any atom is -0.441 e. The van der Waals surface area contributed by atoms with Gasteiger partial charge in [-0.3, -0.25) is 9.59 Å². The number of aryl methyl sites for hydroxylation is 1. The Bertz CT molecular complexity index is 1140. The minimum absolute atomic E-state index is 0.0175. The largest absolute Gasteiger partial charge is 0.441 e. The van der Waals surface area contributed by atoms with Gasteiger partial charge < -0.3 is 9.32 Å². The van der Waals surface area contributed by atoms with Crippen LogP contribution in [0.3, 0.4) is 0 Å². The molecule has 0 aliphatic carbocycles. The third-order valence-corrected chi connectivity index (χ3v) is 6.41. The second-order valence-corrected chi connectivity index (χ2v) is 8.56. The number of carbonyl (C=O) groups is 2. The number of hydrogen-bond acceptors (Lipinski definition) is 4. The van der Waals surface area contributed by atoms with Gasteiger partial charge in [-0.15, -0.1) is 0 Å². The quantitative estimate of drug-likeness (QED) is 0.420. The van der Waals surface area contributed by atoms with Crippen LogP contribution in [-0.4, -0.2) is 34.7 Å². The SMILES string of the molecule is O=C(c1ccc(Cl)c(Cl)c1)C1CCN(C(=O)CCc2ncc(-c3ccccc3F)o2)CC1. The second kappa shape index (κ2) is 9.84. The average molecular weight is 475 g/mol. The first-order valence-electron chi connectivity index (χ1n) is 10.4. The third kappa shape index (κ3) is 5.03. The first-order chi connectivity index (χ1) is 15.4. The summed E-state index contributed by atoms with van der Waals surface area (Å²) in [7, 11) is 0. The molecule has 0 N–H and O–H groups in total. The first kappa shape index (κ1) is 22.5. The predicted molar refractivity (Wildman–Crippen MR) is 120 cm³/mol. The number of ketones is 1. The van der Waals surface area contributed by atoms with Crippen molar-refractivity contribution in [3.8, 4) is 11.3 Å². The molecule has 32 heavy (non-hydrogen) atoms. The summed E-state index contributed by atoms with van der Waals surface area (Å²) >= 11 is 11.9. The van der Waals surface area contributed by atoms with E-state index in [0.29, 0.717) is 65.2 Å². The Labute approximate surface area is 195 Å². The topological polar surface area (TPSA) is 63.4 Å². The molecule has 0 unspecified atom stereocenters. The predicted octanol–water partition coefficient (Wildman–Crippen LogP) is 5.84. The van der Waals surface area contributed by atoms with Gasteiger partial charge in [0.2, 0.25) is 5.91 Å². The molecule has 1 fully saturated rings.